The van der Waals surface area contributed by atoms with Crippen LogP contribution in [0.3, 0.4) is 0 Å². The van der Waals surface area contributed by atoms with Crippen molar-refractivity contribution >= 4 is 0 Å². The van der Waals surface area contributed by atoms with Crippen LogP contribution in [0.15, 0.2) is 29.0 Å². The van der Waals surface area contributed by atoms with E-state index in [0.717, 1.165) is 49.1 Å². The normalized spacial score (nSPS) is 21.7. The average Bonchev–Trinajstić information content (AvgIpc) is 3.10. The minimum atomic E-state index is -0.826. The van der Waals surface area contributed by atoms with E-state index in [1.165, 1.54) is 0 Å². The van der Waals surface area contributed by atoms with Crippen molar-refractivity contribution < 1.29 is 9.52 Å². The van der Waals surface area contributed by atoms with E-state index in [9.17, 15) is 5.11 Å². The molecule has 21 heavy (non-hydrogen) atoms. The highest BCUT2D eigenvalue weighted by molar-refractivity contribution is 5.29. The van der Waals surface area contributed by atoms with Gasteiger partial charge in [0.2, 0.25) is 0 Å². The molecular weight excluding hydrogens is 264 g/mol. The zero-order valence-electron chi connectivity index (χ0n) is 12.9. The lowest BCUT2D eigenvalue weighted by atomic mass is 9.80. The van der Waals surface area contributed by atoms with Crippen LogP contribution in [-0.2, 0) is 18.4 Å². The van der Waals surface area contributed by atoms with Gasteiger partial charge in [0.25, 0.3) is 0 Å². The Bertz CT molecular complexity index is 597. The molecule has 1 unspecified atom stereocenters. The van der Waals surface area contributed by atoms with Gasteiger partial charge in [-0.1, -0.05) is 13.8 Å². The summed E-state index contributed by atoms with van der Waals surface area (Å²) in [6.45, 7) is 4.36. The number of aromatic nitrogens is 2. The Morgan fingerprint density at radius 3 is 2.95 bits per heavy atom. The maximum Gasteiger partial charge on any atom is 0.109 e. The first-order chi connectivity index (χ1) is 10.2. The molecule has 4 heteroatoms. The highest BCUT2D eigenvalue weighted by Crippen LogP contribution is 2.38. The summed E-state index contributed by atoms with van der Waals surface area (Å²) < 4.78 is 7.52. The van der Waals surface area contributed by atoms with E-state index < -0.39 is 5.60 Å². The fraction of sp³-hybridized carbons (Fsp3) is 0.588. The zero-order chi connectivity index (χ0) is 14.9. The van der Waals surface area contributed by atoms with Crippen molar-refractivity contribution in [3.05, 3.63) is 41.6 Å². The van der Waals surface area contributed by atoms with Gasteiger partial charge in [-0.15, -0.1) is 0 Å². The average molecular weight is 288 g/mol. The van der Waals surface area contributed by atoms with Crippen LogP contribution in [0.2, 0.25) is 0 Å². The molecular formula is C17H24N2O2. The Morgan fingerprint density at radius 1 is 1.38 bits per heavy atom. The van der Waals surface area contributed by atoms with Crippen molar-refractivity contribution in [2.45, 2.75) is 64.0 Å². The lowest BCUT2D eigenvalue weighted by Gasteiger charge is -2.31. The number of hydrogen-bond donors (Lipinski definition) is 1. The fourth-order valence-electron chi connectivity index (χ4n) is 3.45. The largest absolute Gasteiger partial charge is 0.469 e. The summed E-state index contributed by atoms with van der Waals surface area (Å²) in [6.07, 6.45) is 9.10. The SMILES string of the molecule is CCC(CC)n1ccc(CC2(O)CCCc3occc32)n1. The molecule has 0 saturated heterocycles. The Balaban J connectivity index is 1.81. The van der Waals surface area contributed by atoms with Gasteiger partial charge in [0.05, 0.1) is 23.6 Å². The van der Waals surface area contributed by atoms with E-state index in [1.54, 1.807) is 6.26 Å². The minimum absolute atomic E-state index is 0.448. The first-order valence-corrected chi connectivity index (χ1v) is 7.99. The quantitative estimate of drug-likeness (QED) is 0.914. The van der Waals surface area contributed by atoms with Gasteiger partial charge in [0.1, 0.15) is 5.76 Å². The zero-order valence-corrected chi connectivity index (χ0v) is 12.9. The maximum atomic E-state index is 11.0. The van der Waals surface area contributed by atoms with E-state index in [-0.39, 0.29) is 0 Å². The second-order valence-electron chi connectivity index (χ2n) is 6.08. The Morgan fingerprint density at radius 2 is 2.19 bits per heavy atom. The Kier molecular flexibility index (Phi) is 3.89. The molecule has 0 spiro atoms. The van der Waals surface area contributed by atoms with Gasteiger partial charge in [0, 0.05) is 24.6 Å². The molecule has 0 saturated carbocycles. The van der Waals surface area contributed by atoms with Gasteiger partial charge in [0.15, 0.2) is 0 Å². The van der Waals surface area contributed by atoms with Gasteiger partial charge in [-0.2, -0.15) is 5.10 Å². The number of rotatable bonds is 5. The molecule has 1 aliphatic rings. The highest BCUT2D eigenvalue weighted by atomic mass is 16.3. The summed E-state index contributed by atoms with van der Waals surface area (Å²) in [7, 11) is 0. The van der Waals surface area contributed by atoms with E-state index in [2.05, 4.69) is 18.9 Å². The second-order valence-corrected chi connectivity index (χ2v) is 6.08. The van der Waals surface area contributed by atoms with Crippen LogP contribution in [0.1, 0.15) is 62.6 Å². The molecule has 114 valence electrons. The Hall–Kier alpha value is -1.55. The van der Waals surface area contributed by atoms with Crippen LogP contribution in [0.5, 0.6) is 0 Å². The van der Waals surface area contributed by atoms with Gasteiger partial charge in [-0.05, 0) is 37.8 Å². The maximum absolute atomic E-state index is 11.0. The van der Waals surface area contributed by atoms with Crippen LogP contribution < -0.4 is 0 Å². The molecule has 3 rings (SSSR count). The third-order valence-electron chi connectivity index (χ3n) is 4.69. The van der Waals surface area contributed by atoms with Crippen LogP contribution in [-0.4, -0.2) is 14.9 Å². The molecule has 0 amide bonds. The number of fused-ring (bicyclic) bond motifs is 1. The molecule has 2 heterocycles. The molecule has 4 nitrogen and oxygen atoms in total. The summed E-state index contributed by atoms with van der Waals surface area (Å²) in [6, 6.07) is 4.39. The molecule has 0 aliphatic heterocycles. The minimum Gasteiger partial charge on any atom is -0.469 e. The van der Waals surface area contributed by atoms with Gasteiger partial charge < -0.3 is 9.52 Å². The monoisotopic (exact) mass is 288 g/mol. The van der Waals surface area contributed by atoms with E-state index in [1.807, 2.05) is 23.0 Å². The Labute approximate surface area is 125 Å². The summed E-state index contributed by atoms with van der Waals surface area (Å²) in [5.41, 5.74) is 1.08. The van der Waals surface area contributed by atoms with Crippen molar-refractivity contribution in [2.24, 2.45) is 0 Å². The van der Waals surface area contributed by atoms with Crippen molar-refractivity contribution in [1.82, 2.24) is 9.78 Å². The molecule has 0 aromatic carbocycles. The molecule has 1 N–H and O–H groups in total. The molecule has 0 bridgehead atoms. The van der Waals surface area contributed by atoms with Crippen LogP contribution in [0.4, 0.5) is 0 Å². The molecule has 2 aromatic rings. The van der Waals surface area contributed by atoms with Crippen LogP contribution in [0, 0.1) is 0 Å². The number of nitrogens with zero attached hydrogens (tertiary/aromatic N) is 2. The predicted molar refractivity (Wildman–Crippen MR) is 81.1 cm³/mol. The van der Waals surface area contributed by atoms with Crippen molar-refractivity contribution in [3.63, 3.8) is 0 Å². The van der Waals surface area contributed by atoms with E-state index in [0.29, 0.717) is 12.5 Å². The highest BCUT2D eigenvalue weighted by Gasteiger charge is 2.37. The van der Waals surface area contributed by atoms with Crippen molar-refractivity contribution in [1.29, 1.82) is 0 Å². The number of aliphatic hydroxyl groups is 1. The molecule has 2 aromatic heterocycles. The smallest absolute Gasteiger partial charge is 0.109 e. The third-order valence-corrected chi connectivity index (χ3v) is 4.69. The lowest BCUT2D eigenvalue weighted by molar-refractivity contribution is 0.0158. The van der Waals surface area contributed by atoms with E-state index >= 15 is 0 Å². The first kappa shape index (κ1) is 14.4. The topological polar surface area (TPSA) is 51.2 Å². The van der Waals surface area contributed by atoms with E-state index in [4.69, 9.17) is 4.42 Å². The number of hydrogen-bond acceptors (Lipinski definition) is 3. The second kappa shape index (κ2) is 5.68. The fourth-order valence-corrected chi connectivity index (χ4v) is 3.45. The van der Waals surface area contributed by atoms with Gasteiger partial charge >= 0.3 is 0 Å². The van der Waals surface area contributed by atoms with Crippen molar-refractivity contribution in [2.75, 3.05) is 0 Å². The van der Waals surface area contributed by atoms with Crippen molar-refractivity contribution in [3.8, 4) is 0 Å². The predicted octanol–water partition coefficient (Wildman–Crippen LogP) is 3.60. The van der Waals surface area contributed by atoms with Crippen LogP contribution in [0.25, 0.3) is 0 Å². The molecule has 0 fully saturated rings. The van der Waals surface area contributed by atoms with Crippen LogP contribution >= 0.6 is 0 Å². The summed E-state index contributed by atoms with van der Waals surface area (Å²) in [5.74, 6) is 0.933. The standard InChI is InChI=1S/C17H24N2O2/c1-3-14(4-2)19-10-7-13(18-19)12-17(20)9-5-6-16-15(17)8-11-21-16/h7-8,10-11,14,20H,3-6,9,12H2,1-2H3. The van der Waals surface area contributed by atoms with Gasteiger partial charge in [-0.3, -0.25) is 4.68 Å². The molecule has 1 atom stereocenters. The summed E-state index contributed by atoms with van der Waals surface area (Å²) in [4.78, 5) is 0. The number of furan rings is 1. The number of aryl methyl sites for hydroxylation is 1. The molecule has 1 aliphatic carbocycles. The molecule has 0 radical (unpaired) electrons. The summed E-state index contributed by atoms with van der Waals surface area (Å²) in [5, 5.41) is 15.7. The first-order valence-electron chi connectivity index (χ1n) is 7.99. The summed E-state index contributed by atoms with van der Waals surface area (Å²) >= 11 is 0. The third kappa shape index (κ3) is 2.64. The lowest BCUT2D eigenvalue weighted by Crippen LogP contribution is -2.32. The van der Waals surface area contributed by atoms with Gasteiger partial charge in [-0.25, -0.2) is 0 Å².